The van der Waals surface area contributed by atoms with Gasteiger partial charge in [0.05, 0.1) is 0 Å². The molecule has 0 saturated carbocycles. The number of amides is 1. The van der Waals surface area contributed by atoms with Crippen molar-refractivity contribution in [3.63, 3.8) is 0 Å². The summed E-state index contributed by atoms with van der Waals surface area (Å²) in [6.07, 6.45) is 4.38. The van der Waals surface area contributed by atoms with Crippen molar-refractivity contribution < 1.29 is 14.7 Å². The molecule has 0 aliphatic heterocycles. The molecule has 1 rings (SSSR count). The third kappa shape index (κ3) is 3.38. The molecule has 0 fully saturated rings. The summed E-state index contributed by atoms with van der Waals surface area (Å²) in [5.74, 6) is -1.14. The summed E-state index contributed by atoms with van der Waals surface area (Å²) in [4.78, 5) is 22.0. The number of rotatable bonds is 5. The van der Waals surface area contributed by atoms with Gasteiger partial charge in [-0.1, -0.05) is 19.8 Å². The van der Waals surface area contributed by atoms with Crippen LogP contribution in [0.1, 0.15) is 36.7 Å². The van der Waals surface area contributed by atoms with Crippen LogP contribution in [0.2, 0.25) is 0 Å². The standard InChI is InChI=1S/C10H15N3O3/c1-2-3-4-6-11-10(16)13-7-5-8(12-13)9(14)15/h5,7H,2-4,6H2,1H3,(H,11,16)(H,14,15). The molecule has 0 aromatic carbocycles. The second-order valence-electron chi connectivity index (χ2n) is 3.39. The first-order valence-electron chi connectivity index (χ1n) is 5.22. The van der Waals surface area contributed by atoms with Crippen molar-refractivity contribution in [3.05, 3.63) is 18.0 Å². The number of carbonyl (C=O) groups is 2. The molecule has 1 aromatic heterocycles. The smallest absolute Gasteiger partial charge is 0.356 e. The maximum Gasteiger partial charge on any atom is 0.356 e. The summed E-state index contributed by atoms with van der Waals surface area (Å²) in [7, 11) is 0. The Morgan fingerprint density at radius 1 is 1.50 bits per heavy atom. The first kappa shape index (κ1) is 12.2. The van der Waals surface area contributed by atoms with E-state index in [9.17, 15) is 9.59 Å². The molecule has 1 aromatic rings. The molecule has 1 heterocycles. The van der Waals surface area contributed by atoms with E-state index >= 15 is 0 Å². The van der Waals surface area contributed by atoms with E-state index in [4.69, 9.17) is 5.11 Å². The van der Waals surface area contributed by atoms with Crippen LogP contribution in [-0.2, 0) is 0 Å². The van der Waals surface area contributed by atoms with E-state index in [0.29, 0.717) is 6.54 Å². The van der Waals surface area contributed by atoms with Gasteiger partial charge in [0.2, 0.25) is 0 Å². The maximum atomic E-state index is 11.4. The van der Waals surface area contributed by atoms with Crippen molar-refractivity contribution in [2.24, 2.45) is 0 Å². The number of aromatic carboxylic acids is 1. The van der Waals surface area contributed by atoms with Crippen LogP contribution in [0.5, 0.6) is 0 Å². The molecule has 88 valence electrons. The van der Waals surface area contributed by atoms with Crippen LogP contribution < -0.4 is 5.32 Å². The molecule has 0 aliphatic carbocycles. The summed E-state index contributed by atoms with van der Waals surface area (Å²) >= 11 is 0. The van der Waals surface area contributed by atoms with Gasteiger partial charge < -0.3 is 10.4 Å². The summed E-state index contributed by atoms with van der Waals surface area (Å²) in [6.45, 7) is 2.66. The van der Waals surface area contributed by atoms with Crippen LogP contribution in [0.15, 0.2) is 12.3 Å². The normalized spacial score (nSPS) is 10.1. The number of carbonyl (C=O) groups excluding carboxylic acids is 1. The first-order valence-corrected chi connectivity index (χ1v) is 5.22. The van der Waals surface area contributed by atoms with Gasteiger partial charge in [0.15, 0.2) is 5.69 Å². The Morgan fingerprint density at radius 2 is 2.25 bits per heavy atom. The van der Waals surface area contributed by atoms with Crippen LogP contribution in [0.3, 0.4) is 0 Å². The second kappa shape index (κ2) is 5.89. The minimum atomic E-state index is -1.14. The number of nitrogens with one attached hydrogen (secondary N) is 1. The van der Waals surface area contributed by atoms with Crippen molar-refractivity contribution >= 4 is 12.0 Å². The zero-order valence-electron chi connectivity index (χ0n) is 9.14. The van der Waals surface area contributed by atoms with Crippen LogP contribution in [0.25, 0.3) is 0 Å². The van der Waals surface area contributed by atoms with Gasteiger partial charge >= 0.3 is 12.0 Å². The highest BCUT2D eigenvalue weighted by atomic mass is 16.4. The fourth-order valence-corrected chi connectivity index (χ4v) is 1.20. The number of carboxylic acids is 1. The highest BCUT2D eigenvalue weighted by Crippen LogP contribution is 1.96. The monoisotopic (exact) mass is 225 g/mol. The SMILES string of the molecule is CCCCCNC(=O)n1ccc(C(=O)O)n1. The van der Waals surface area contributed by atoms with Crippen molar-refractivity contribution in [2.45, 2.75) is 26.2 Å². The van der Waals surface area contributed by atoms with Gasteiger partial charge in [-0.3, -0.25) is 0 Å². The molecule has 0 radical (unpaired) electrons. The number of hydrogen-bond donors (Lipinski definition) is 2. The highest BCUT2D eigenvalue weighted by molar-refractivity contribution is 5.86. The zero-order valence-corrected chi connectivity index (χ0v) is 9.14. The van der Waals surface area contributed by atoms with E-state index in [-0.39, 0.29) is 5.69 Å². The molecule has 0 unspecified atom stereocenters. The van der Waals surface area contributed by atoms with E-state index in [0.717, 1.165) is 23.9 Å². The Kier molecular flexibility index (Phi) is 4.50. The summed E-state index contributed by atoms with van der Waals surface area (Å²) in [6, 6.07) is 0.886. The fourth-order valence-electron chi connectivity index (χ4n) is 1.20. The molecule has 0 aliphatic rings. The Morgan fingerprint density at radius 3 is 2.81 bits per heavy atom. The summed E-state index contributed by atoms with van der Waals surface area (Å²) in [5.41, 5.74) is -0.135. The van der Waals surface area contributed by atoms with E-state index in [1.165, 1.54) is 12.3 Å². The Bertz CT molecular complexity index is 373. The molecule has 0 saturated heterocycles. The van der Waals surface area contributed by atoms with Crippen LogP contribution >= 0.6 is 0 Å². The average molecular weight is 225 g/mol. The number of aromatic nitrogens is 2. The third-order valence-corrected chi connectivity index (χ3v) is 2.07. The lowest BCUT2D eigenvalue weighted by Gasteiger charge is -2.03. The zero-order chi connectivity index (χ0) is 12.0. The Labute approximate surface area is 93.3 Å². The molecule has 2 N–H and O–H groups in total. The quantitative estimate of drug-likeness (QED) is 0.740. The van der Waals surface area contributed by atoms with Gasteiger partial charge in [0, 0.05) is 12.7 Å². The molecule has 0 spiro atoms. The average Bonchev–Trinajstić information content (AvgIpc) is 2.73. The minimum absolute atomic E-state index is 0.135. The van der Waals surface area contributed by atoms with Gasteiger partial charge in [0.25, 0.3) is 0 Å². The minimum Gasteiger partial charge on any atom is -0.476 e. The Balaban J connectivity index is 2.43. The van der Waals surface area contributed by atoms with Crippen molar-refractivity contribution in [2.75, 3.05) is 6.54 Å². The van der Waals surface area contributed by atoms with Gasteiger partial charge in [-0.25, -0.2) is 9.59 Å². The van der Waals surface area contributed by atoms with Crippen molar-refractivity contribution in [3.8, 4) is 0 Å². The van der Waals surface area contributed by atoms with Gasteiger partial charge in [-0.15, -0.1) is 0 Å². The van der Waals surface area contributed by atoms with Crippen LogP contribution in [0.4, 0.5) is 4.79 Å². The maximum absolute atomic E-state index is 11.4. The molecule has 1 amide bonds. The highest BCUT2D eigenvalue weighted by Gasteiger charge is 2.10. The van der Waals surface area contributed by atoms with E-state index in [1.54, 1.807) is 0 Å². The number of nitrogens with zero attached hydrogens (tertiary/aromatic N) is 2. The predicted octanol–water partition coefficient (Wildman–Crippen LogP) is 1.33. The fraction of sp³-hybridized carbons (Fsp3) is 0.500. The summed E-state index contributed by atoms with van der Waals surface area (Å²) in [5, 5.41) is 14.9. The lowest BCUT2D eigenvalue weighted by Crippen LogP contribution is -2.29. The van der Waals surface area contributed by atoms with Gasteiger partial charge in [-0.2, -0.15) is 9.78 Å². The van der Waals surface area contributed by atoms with Crippen LogP contribution in [0, 0.1) is 0 Å². The van der Waals surface area contributed by atoms with Gasteiger partial charge in [-0.05, 0) is 12.5 Å². The van der Waals surface area contributed by atoms with Crippen LogP contribution in [-0.4, -0.2) is 33.4 Å². The number of unbranched alkanes of at least 4 members (excludes halogenated alkanes) is 2. The molecule has 6 nitrogen and oxygen atoms in total. The molecule has 0 atom stereocenters. The van der Waals surface area contributed by atoms with Crippen molar-refractivity contribution in [1.82, 2.24) is 15.1 Å². The topological polar surface area (TPSA) is 84.2 Å². The van der Waals surface area contributed by atoms with E-state index < -0.39 is 12.0 Å². The van der Waals surface area contributed by atoms with E-state index in [2.05, 4.69) is 17.3 Å². The van der Waals surface area contributed by atoms with E-state index in [1.807, 2.05) is 0 Å². The third-order valence-electron chi connectivity index (χ3n) is 2.07. The van der Waals surface area contributed by atoms with Crippen molar-refractivity contribution in [1.29, 1.82) is 0 Å². The second-order valence-corrected chi connectivity index (χ2v) is 3.39. The predicted molar refractivity (Wildman–Crippen MR) is 57.5 cm³/mol. The number of hydrogen-bond acceptors (Lipinski definition) is 3. The molecular formula is C10H15N3O3. The lowest BCUT2D eigenvalue weighted by atomic mass is 10.2. The van der Waals surface area contributed by atoms with Gasteiger partial charge in [0.1, 0.15) is 0 Å². The first-order chi connectivity index (χ1) is 7.65. The molecule has 6 heteroatoms. The lowest BCUT2D eigenvalue weighted by molar-refractivity contribution is 0.0690. The molecule has 16 heavy (non-hydrogen) atoms. The Hall–Kier alpha value is -1.85. The molecule has 0 bridgehead atoms. The summed E-state index contributed by atoms with van der Waals surface area (Å²) < 4.78 is 0.995. The number of carboxylic acid groups (broad SMARTS) is 1. The molecular weight excluding hydrogens is 210 g/mol. The largest absolute Gasteiger partial charge is 0.476 e.